The number of rotatable bonds is 8. The summed E-state index contributed by atoms with van der Waals surface area (Å²) in [5.74, 6) is -0.504. The summed E-state index contributed by atoms with van der Waals surface area (Å²) in [6, 6.07) is 9.50. The summed E-state index contributed by atoms with van der Waals surface area (Å²) in [7, 11) is 0. The second kappa shape index (κ2) is 11.1. The molecule has 0 saturated carbocycles. The third-order valence-electron chi connectivity index (χ3n) is 4.44. The zero-order valence-electron chi connectivity index (χ0n) is 16.1. The van der Waals surface area contributed by atoms with Crippen LogP contribution in [0, 0.1) is 0 Å². The second-order valence-electron chi connectivity index (χ2n) is 6.61. The number of carbonyl (C=O) groups is 2. The van der Waals surface area contributed by atoms with E-state index in [0.29, 0.717) is 32.2 Å². The Morgan fingerprint density at radius 2 is 1.66 bits per heavy atom. The molecule has 29 heavy (non-hydrogen) atoms. The minimum absolute atomic E-state index is 0.0226. The van der Waals surface area contributed by atoms with Crippen LogP contribution >= 0.6 is 46.4 Å². The van der Waals surface area contributed by atoms with Gasteiger partial charge in [0.15, 0.2) is 0 Å². The Balaban J connectivity index is 2.30. The third-order valence-corrected chi connectivity index (χ3v) is 5.89. The van der Waals surface area contributed by atoms with E-state index in [0.717, 1.165) is 12.0 Å². The fourth-order valence-corrected chi connectivity index (χ4v) is 3.62. The average molecular weight is 476 g/mol. The van der Waals surface area contributed by atoms with Crippen LogP contribution in [0.5, 0.6) is 0 Å². The van der Waals surface area contributed by atoms with Gasteiger partial charge in [0.05, 0.1) is 16.5 Å². The van der Waals surface area contributed by atoms with E-state index in [4.69, 9.17) is 46.4 Å². The standard InChI is InChI=1S/C21H22Cl4N2O2/c1-3-9-26-21(29)13(2)27(12-14-7-8-18(24)19(25)10-14)20(28)11-15-16(22)5-4-6-17(15)23/h4-8,10,13H,3,9,11-12H2,1-2H3,(H,26,29). The highest BCUT2D eigenvalue weighted by molar-refractivity contribution is 6.42. The van der Waals surface area contributed by atoms with Gasteiger partial charge in [-0.05, 0) is 48.7 Å². The highest BCUT2D eigenvalue weighted by atomic mass is 35.5. The first-order chi connectivity index (χ1) is 13.7. The molecule has 1 unspecified atom stereocenters. The number of benzene rings is 2. The van der Waals surface area contributed by atoms with Gasteiger partial charge in [0.2, 0.25) is 11.8 Å². The van der Waals surface area contributed by atoms with Crippen LogP contribution in [-0.2, 0) is 22.6 Å². The summed E-state index contributed by atoms with van der Waals surface area (Å²) in [5, 5.41) is 4.44. The van der Waals surface area contributed by atoms with Crippen LogP contribution < -0.4 is 5.32 Å². The van der Waals surface area contributed by atoms with E-state index in [1.54, 1.807) is 43.3 Å². The van der Waals surface area contributed by atoms with Crippen molar-refractivity contribution in [1.82, 2.24) is 10.2 Å². The zero-order valence-corrected chi connectivity index (χ0v) is 19.2. The normalized spacial score (nSPS) is 11.8. The minimum atomic E-state index is -0.690. The van der Waals surface area contributed by atoms with E-state index in [2.05, 4.69) is 5.32 Å². The van der Waals surface area contributed by atoms with Crippen LogP contribution in [0.1, 0.15) is 31.4 Å². The van der Waals surface area contributed by atoms with E-state index in [1.807, 2.05) is 6.92 Å². The lowest BCUT2D eigenvalue weighted by Crippen LogP contribution is -2.48. The number of nitrogens with zero attached hydrogens (tertiary/aromatic N) is 1. The van der Waals surface area contributed by atoms with Crippen molar-refractivity contribution in [2.24, 2.45) is 0 Å². The van der Waals surface area contributed by atoms with Crippen LogP contribution in [0.3, 0.4) is 0 Å². The molecule has 0 aliphatic heterocycles. The topological polar surface area (TPSA) is 49.4 Å². The predicted octanol–water partition coefficient (Wildman–Crippen LogP) is 5.79. The Morgan fingerprint density at radius 1 is 1.00 bits per heavy atom. The lowest BCUT2D eigenvalue weighted by atomic mass is 10.1. The quantitative estimate of drug-likeness (QED) is 0.525. The summed E-state index contributed by atoms with van der Waals surface area (Å²) in [6.45, 7) is 4.38. The summed E-state index contributed by atoms with van der Waals surface area (Å²) in [4.78, 5) is 27.2. The molecule has 2 aromatic carbocycles. The van der Waals surface area contributed by atoms with Gasteiger partial charge in [-0.1, -0.05) is 65.5 Å². The molecule has 0 aromatic heterocycles. The zero-order chi connectivity index (χ0) is 21.6. The molecule has 0 radical (unpaired) electrons. The molecule has 2 amide bonds. The van der Waals surface area contributed by atoms with E-state index in [1.165, 1.54) is 4.90 Å². The molecule has 0 spiro atoms. The first kappa shape index (κ1) is 23.8. The Labute approximate surface area is 191 Å². The third kappa shape index (κ3) is 6.51. The molecule has 2 rings (SSSR count). The molecule has 4 nitrogen and oxygen atoms in total. The Morgan fingerprint density at radius 3 is 2.24 bits per heavy atom. The fourth-order valence-electron chi connectivity index (χ4n) is 2.77. The van der Waals surface area contributed by atoms with Crippen molar-refractivity contribution >= 4 is 58.2 Å². The molecule has 1 atom stereocenters. The smallest absolute Gasteiger partial charge is 0.242 e. The van der Waals surface area contributed by atoms with E-state index in [-0.39, 0.29) is 24.8 Å². The van der Waals surface area contributed by atoms with Crippen LogP contribution in [0.2, 0.25) is 20.1 Å². The number of carbonyl (C=O) groups excluding carboxylic acids is 2. The number of amides is 2. The van der Waals surface area contributed by atoms with Crippen molar-refractivity contribution in [3.8, 4) is 0 Å². The van der Waals surface area contributed by atoms with E-state index >= 15 is 0 Å². The first-order valence-electron chi connectivity index (χ1n) is 9.18. The van der Waals surface area contributed by atoms with Gasteiger partial charge < -0.3 is 10.2 Å². The molecule has 0 bridgehead atoms. The van der Waals surface area contributed by atoms with E-state index in [9.17, 15) is 9.59 Å². The number of hydrogen-bond acceptors (Lipinski definition) is 2. The SMILES string of the molecule is CCCNC(=O)C(C)N(Cc1ccc(Cl)c(Cl)c1)C(=O)Cc1c(Cl)cccc1Cl. The molecule has 156 valence electrons. The molecule has 0 fully saturated rings. The summed E-state index contributed by atoms with van der Waals surface area (Å²) < 4.78 is 0. The van der Waals surface area contributed by atoms with Gasteiger partial charge in [-0.3, -0.25) is 9.59 Å². The molecule has 0 aliphatic rings. The van der Waals surface area contributed by atoms with Crippen LogP contribution in [0.25, 0.3) is 0 Å². The van der Waals surface area contributed by atoms with Crippen LogP contribution in [0.4, 0.5) is 0 Å². The first-order valence-corrected chi connectivity index (χ1v) is 10.7. The lowest BCUT2D eigenvalue weighted by molar-refractivity contribution is -0.140. The molecule has 0 saturated heterocycles. The van der Waals surface area contributed by atoms with Gasteiger partial charge in [0, 0.05) is 23.1 Å². The molecular weight excluding hydrogens is 454 g/mol. The van der Waals surface area contributed by atoms with Crippen molar-refractivity contribution < 1.29 is 9.59 Å². The van der Waals surface area contributed by atoms with Crippen molar-refractivity contribution in [2.75, 3.05) is 6.54 Å². The molecular formula is C21H22Cl4N2O2. The minimum Gasteiger partial charge on any atom is -0.354 e. The fraction of sp³-hybridized carbons (Fsp3) is 0.333. The summed E-state index contributed by atoms with van der Waals surface area (Å²) >= 11 is 24.5. The Hall–Kier alpha value is -1.46. The van der Waals surface area contributed by atoms with Crippen molar-refractivity contribution in [1.29, 1.82) is 0 Å². The monoisotopic (exact) mass is 474 g/mol. The molecule has 1 N–H and O–H groups in total. The van der Waals surface area contributed by atoms with E-state index < -0.39 is 6.04 Å². The van der Waals surface area contributed by atoms with Crippen molar-refractivity contribution in [2.45, 2.75) is 39.3 Å². The number of halogens is 4. The van der Waals surface area contributed by atoms with Gasteiger partial charge in [-0.2, -0.15) is 0 Å². The maximum atomic E-state index is 13.2. The number of nitrogens with one attached hydrogen (secondary N) is 1. The van der Waals surface area contributed by atoms with Gasteiger partial charge in [-0.15, -0.1) is 0 Å². The maximum absolute atomic E-state index is 13.2. The molecule has 0 aliphatic carbocycles. The van der Waals surface area contributed by atoms with Gasteiger partial charge >= 0.3 is 0 Å². The van der Waals surface area contributed by atoms with Crippen molar-refractivity contribution in [3.05, 3.63) is 67.6 Å². The van der Waals surface area contributed by atoms with Gasteiger partial charge in [0.25, 0.3) is 0 Å². The van der Waals surface area contributed by atoms with Crippen molar-refractivity contribution in [3.63, 3.8) is 0 Å². The second-order valence-corrected chi connectivity index (χ2v) is 8.24. The molecule has 8 heteroatoms. The Kier molecular flexibility index (Phi) is 9.09. The van der Waals surface area contributed by atoms with Crippen LogP contribution in [0.15, 0.2) is 36.4 Å². The predicted molar refractivity (Wildman–Crippen MR) is 120 cm³/mol. The molecule has 2 aromatic rings. The maximum Gasteiger partial charge on any atom is 0.242 e. The lowest BCUT2D eigenvalue weighted by Gasteiger charge is -2.29. The molecule has 0 heterocycles. The highest BCUT2D eigenvalue weighted by Crippen LogP contribution is 2.27. The highest BCUT2D eigenvalue weighted by Gasteiger charge is 2.27. The van der Waals surface area contributed by atoms with Gasteiger partial charge in [0.1, 0.15) is 6.04 Å². The summed E-state index contributed by atoms with van der Waals surface area (Å²) in [5.41, 5.74) is 1.29. The Bertz CT molecular complexity index is 869. The van der Waals surface area contributed by atoms with Crippen LogP contribution in [-0.4, -0.2) is 29.3 Å². The summed E-state index contributed by atoms with van der Waals surface area (Å²) in [6.07, 6.45) is 0.777. The largest absolute Gasteiger partial charge is 0.354 e. The van der Waals surface area contributed by atoms with Gasteiger partial charge in [-0.25, -0.2) is 0 Å². The average Bonchev–Trinajstić information content (AvgIpc) is 2.69. The number of hydrogen-bond donors (Lipinski definition) is 1.